The van der Waals surface area contributed by atoms with Gasteiger partial charge in [0.15, 0.2) is 5.11 Å². The predicted octanol–water partition coefficient (Wildman–Crippen LogP) is 3.79. The van der Waals surface area contributed by atoms with E-state index < -0.39 is 0 Å². The molecule has 0 atom stereocenters. The number of thiocarbonyl (C=S) groups is 1. The first-order valence-corrected chi connectivity index (χ1v) is 10.3. The Labute approximate surface area is 183 Å². The Balaban J connectivity index is 2.04. The summed E-state index contributed by atoms with van der Waals surface area (Å²) in [6.07, 6.45) is 4.55. The molecule has 0 saturated carbocycles. The van der Waals surface area contributed by atoms with Crippen molar-refractivity contribution in [1.29, 1.82) is 0 Å². The van der Waals surface area contributed by atoms with Gasteiger partial charge < -0.3 is 19.5 Å². The molecule has 30 heavy (non-hydrogen) atoms. The first kappa shape index (κ1) is 23.4. The number of carbonyl (C=O) groups excluding carboxylic acids is 1. The van der Waals surface area contributed by atoms with Gasteiger partial charge in [-0.25, -0.2) is 0 Å². The van der Waals surface area contributed by atoms with Crippen molar-refractivity contribution in [1.82, 2.24) is 5.32 Å². The fraction of sp³-hybridized carbons (Fsp3) is 0.304. The lowest BCUT2D eigenvalue weighted by molar-refractivity contribution is -0.115. The molecule has 6 nitrogen and oxygen atoms in total. The number of methoxy groups -OCH3 is 1. The second-order valence-electron chi connectivity index (χ2n) is 6.41. The summed E-state index contributed by atoms with van der Waals surface area (Å²) in [5, 5.41) is 12.1. The number of nitrogens with zero attached hydrogens (tertiary/aromatic N) is 1. The van der Waals surface area contributed by atoms with E-state index in [2.05, 4.69) is 5.32 Å². The van der Waals surface area contributed by atoms with E-state index in [1.807, 2.05) is 60.4 Å². The van der Waals surface area contributed by atoms with Crippen LogP contribution in [0, 0.1) is 0 Å². The lowest BCUT2D eigenvalue weighted by atomic mass is 10.2. The normalized spacial score (nSPS) is 10.6. The van der Waals surface area contributed by atoms with E-state index in [-0.39, 0.29) is 12.5 Å². The largest absolute Gasteiger partial charge is 0.497 e. The van der Waals surface area contributed by atoms with Crippen molar-refractivity contribution in [3.8, 4) is 11.5 Å². The maximum Gasteiger partial charge on any atom is 0.250 e. The first-order valence-electron chi connectivity index (χ1n) is 9.85. The van der Waals surface area contributed by atoms with Crippen LogP contribution in [-0.2, 0) is 4.79 Å². The van der Waals surface area contributed by atoms with Crippen molar-refractivity contribution in [2.75, 3.05) is 31.8 Å². The Kier molecular flexibility index (Phi) is 9.83. The molecular formula is C23H28N2O4S. The standard InChI is InChI=1S/C23H28N2O4S/c1-3-29-21-13-9-19(10-14-21)25(16-4-5-17-26)23(30)24-22(27)15-8-18-6-11-20(28-2)12-7-18/h6-15,26H,3-5,16-17H2,1-2H3,(H,24,27,30)/b15-8+. The van der Waals surface area contributed by atoms with Gasteiger partial charge in [0.25, 0.3) is 0 Å². The number of aliphatic hydroxyl groups is 1. The number of aliphatic hydroxyl groups excluding tert-OH is 1. The molecule has 0 saturated heterocycles. The van der Waals surface area contributed by atoms with Gasteiger partial charge in [0.2, 0.25) is 5.91 Å². The van der Waals surface area contributed by atoms with E-state index in [0.717, 1.165) is 29.2 Å². The quantitative estimate of drug-likeness (QED) is 0.341. The van der Waals surface area contributed by atoms with Crippen LogP contribution >= 0.6 is 12.2 Å². The van der Waals surface area contributed by atoms with Gasteiger partial charge in [0.1, 0.15) is 11.5 Å². The van der Waals surface area contributed by atoms with Gasteiger partial charge >= 0.3 is 0 Å². The minimum Gasteiger partial charge on any atom is -0.497 e. The number of hydrogen-bond donors (Lipinski definition) is 2. The van der Waals surface area contributed by atoms with Crippen molar-refractivity contribution in [2.45, 2.75) is 19.8 Å². The van der Waals surface area contributed by atoms with Gasteiger partial charge in [0.05, 0.1) is 13.7 Å². The summed E-state index contributed by atoms with van der Waals surface area (Å²) in [7, 11) is 1.61. The number of benzene rings is 2. The van der Waals surface area contributed by atoms with Gasteiger partial charge in [-0.05, 0) is 80.0 Å². The lowest BCUT2D eigenvalue weighted by Crippen LogP contribution is -2.42. The highest BCUT2D eigenvalue weighted by Crippen LogP contribution is 2.20. The van der Waals surface area contributed by atoms with Crippen LogP contribution < -0.4 is 19.7 Å². The maximum absolute atomic E-state index is 12.4. The number of nitrogens with one attached hydrogen (secondary N) is 1. The molecule has 0 aliphatic heterocycles. The smallest absolute Gasteiger partial charge is 0.250 e. The zero-order valence-electron chi connectivity index (χ0n) is 17.3. The van der Waals surface area contributed by atoms with Gasteiger partial charge in [-0.3, -0.25) is 10.1 Å². The van der Waals surface area contributed by atoms with E-state index >= 15 is 0 Å². The van der Waals surface area contributed by atoms with E-state index in [1.165, 1.54) is 6.08 Å². The van der Waals surface area contributed by atoms with E-state index in [0.29, 0.717) is 24.7 Å². The molecule has 0 aromatic heterocycles. The third kappa shape index (κ3) is 7.50. The Bertz CT molecular complexity index is 835. The Morgan fingerprint density at radius 3 is 2.37 bits per heavy atom. The van der Waals surface area contributed by atoms with Crippen molar-refractivity contribution in [3.05, 3.63) is 60.2 Å². The van der Waals surface area contributed by atoms with Gasteiger partial charge in [-0.2, -0.15) is 0 Å². The highest BCUT2D eigenvalue weighted by molar-refractivity contribution is 7.80. The molecule has 0 aliphatic carbocycles. The van der Waals surface area contributed by atoms with Crippen LogP contribution in [0.2, 0.25) is 0 Å². The highest BCUT2D eigenvalue weighted by atomic mass is 32.1. The van der Waals surface area contributed by atoms with Gasteiger partial charge in [-0.15, -0.1) is 0 Å². The van der Waals surface area contributed by atoms with Crippen LogP contribution in [-0.4, -0.2) is 43.0 Å². The SMILES string of the molecule is CCOc1ccc(N(CCCCO)C(=S)NC(=O)/C=C/c2ccc(OC)cc2)cc1. The fourth-order valence-corrected chi connectivity index (χ4v) is 3.02. The van der Waals surface area contributed by atoms with Crippen molar-refractivity contribution < 1.29 is 19.4 Å². The minimum atomic E-state index is -0.311. The molecule has 160 valence electrons. The summed E-state index contributed by atoms with van der Waals surface area (Å²) in [5.41, 5.74) is 1.73. The molecule has 0 spiro atoms. The number of hydrogen-bond acceptors (Lipinski definition) is 5. The van der Waals surface area contributed by atoms with E-state index in [4.69, 9.17) is 26.8 Å². The molecule has 1 amide bonds. The lowest BCUT2D eigenvalue weighted by Gasteiger charge is -2.25. The molecule has 0 aliphatic rings. The zero-order valence-corrected chi connectivity index (χ0v) is 18.2. The second kappa shape index (κ2) is 12.6. The van der Waals surface area contributed by atoms with Crippen LogP contribution in [0.3, 0.4) is 0 Å². The summed E-state index contributed by atoms with van der Waals surface area (Å²) < 4.78 is 10.6. The molecule has 0 bridgehead atoms. The number of carbonyl (C=O) groups is 1. The molecule has 0 heterocycles. The number of anilines is 1. The van der Waals surface area contributed by atoms with Crippen molar-refractivity contribution in [3.63, 3.8) is 0 Å². The first-order chi connectivity index (χ1) is 14.6. The van der Waals surface area contributed by atoms with Crippen molar-refractivity contribution >= 4 is 35.0 Å². The van der Waals surface area contributed by atoms with E-state index in [1.54, 1.807) is 13.2 Å². The monoisotopic (exact) mass is 428 g/mol. The highest BCUT2D eigenvalue weighted by Gasteiger charge is 2.14. The average molecular weight is 429 g/mol. The third-order valence-electron chi connectivity index (χ3n) is 4.27. The number of unbranched alkanes of at least 4 members (excludes halogenated alkanes) is 1. The zero-order chi connectivity index (χ0) is 21.8. The van der Waals surface area contributed by atoms with Crippen LogP contribution in [0.25, 0.3) is 6.08 Å². The second-order valence-corrected chi connectivity index (χ2v) is 6.80. The fourth-order valence-electron chi connectivity index (χ4n) is 2.72. The third-order valence-corrected chi connectivity index (χ3v) is 4.59. The summed E-state index contributed by atoms with van der Waals surface area (Å²) >= 11 is 5.48. The summed E-state index contributed by atoms with van der Waals surface area (Å²) in [5.74, 6) is 1.22. The van der Waals surface area contributed by atoms with Crippen LogP contribution in [0.5, 0.6) is 11.5 Å². The molecular weight excluding hydrogens is 400 g/mol. The number of ether oxygens (including phenoxy) is 2. The molecule has 0 unspecified atom stereocenters. The molecule has 0 radical (unpaired) electrons. The molecule has 2 aromatic rings. The maximum atomic E-state index is 12.4. The molecule has 2 N–H and O–H groups in total. The Hall–Kier alpha value is -2.90. The van der Waals surface area contributed by atoms with Gasteiger partial charge in [0, 0.05) is 24.9 Å². The summed E-state index contributed by atoms with van der Waals surface area (Å²) in [6, 6.07) is 14.9. The number of rotatable bonds is 10. The van der Waals surface area contributed by atoms with Gasteiger partial charge in [-0.1, -0.05) is 12.1 Å². The Morgan fingerprint density at radius 1 is 1.10 bits per heavy atom. The minimum absolute atomic E-state index is 0.112. The summed E-state index contributed by atoms with van der Waals surface area (Å²) in [6.45, 7) is 3.21. The van der Waals surface area contributed by atoms with E-state index in [9.17, 15) is 4.79 Å². The van der Waals surface area contributed by atoms with Crippen LogP contribution in [0.1, 0.15) is 25.3 Å². The van der Waals surface area contributed by atoms with Crippen molar-refractivity contribution in [2.24, 2.45) is 0 Å². The summed E-state index contributed by atoms with van der Waals surface area (Å²) in [4.78, 5) is 14.2. The molecule has 7 heteroatoms. The number of amides is 1. The average Bonchev–Trinajstić information content (AvgIpc) is 2.76. The topological polar surface area (TPSA) is 71.0 Å². The van der Waals surface area contributed by atoms with Crippen LogP contribution in [0.4, 0.5) is 5.69 Å². The predicted molar refractivity (Wildman–Crippen MR) is 124 cm³/mol. The molecule has 0 fully saturated rings. The molecule has 2 aromatic carbocycles. The Morgan fingerprint density at radius 2 is 1.77 bits per heavy atom. The van der Waals surface area contributed by atoms with Crippen LogP contribution in [0.15, 0.2) is 54.6 Å². The molecule has 2 rings (SSSR count).